The molecule has 1 saturated heterocycles. The highest BCUT2D eigenvalue weighted by molar-refractivity contribution is 6.42. The van der Waals surface area contributed by atoms with Crippen LogP contribution in [0, 0.1) is 0 Å². The maximum atomic E-state index is 13.9. The molecule has 1 amide bonds. The lowest BCUT2D eigenvalue weighted by Gasteiger charge is -2.34. The molecule has 3 atom stereocenters. The number of likely N-dealkylation sites (tertiary alicyclic amines) is 1. The molecule has 1 fully saturated rings. The number of aromatic nitrogens is 2. The summed E-state index contributed by atoms with van der Waals surface area (Å²) in [5.74, 6) is -0.535. The Hall–Kier alpha value is -2.45. The van der Waals surface area contributed by atoms with Crippen LogP contribution in [0.15, 0.2) is 59.4 Å². The van der Waals surface area contributed by atoms with Crippen LogP contribution in [0.1, 0.15) is 36.4 Å². The van der Waals surface area contributed by atoms with Crippen molar-refractivity contribution in [3.8, 4) is 0 Å². The molecule has 0 spiro atoms. The number of carbonyl (C=O) groups is 1. The van der Waals surface area contributed by atoms with Gasteiger partial charge in [-0.1, -0.05) is 59.6 Å². The average Bonchev–Trinajstić information content (AvgIpc) is 3.47. The molecule has 1 aliphatic heterocycles. The highest BCUT2D eigenvalue weighted by Crippen LogP contribution is 2.33. The lowest BCUT2D eigenvalue weighted by Crippen LogP contribution is -2.43. The van der Waals surface area contributed by atoms with E-state index in [0.717, 1.165) is 17.7 Å². The predicted molar refractivity (Wildman–Crippen MR) is 123 cm³/mol. The predicted octanol–water partition coefficient (Wildman–Crippen LogP) is 4.32. The molecular formula is C23H24Cl2N4O3. The molecule has 4 rings (SSSR count). The monoisotopic (exact) mass is 474 g/mol. The molecule has 1 aromatic heterocycles. The van der Waals surface area contributed by atoms with Crippen molar-refractivity contribution in [2.24, 2.45) is 0 Å². The molecule has 0 radical (unpaired) electrons. The Morgan fingerprint density at radius 2 is 2.00 bits per heavy atom. The summed E-state index contributed by atoms with van der Waals surface area (Å²) in [6, 6.07) is 14.5. The summed E-state index contributed by atoms with van der Waals surface area (Å²) in [5.41, 5.74) is 1.68. The molecule has 2 aromatic carbocycles. The molecule has 1 unspecified atom stereocenters. The van der Waals surface area contributed by atoms with Gasteiger partial charge in [0.2, 0.25) is 12.3 Å². The van der Waals surface area contributed by atoms with E-state index in [0.29, 0.717) is 29.6 Å². The van der Waals surface area contributed by atoms with Crippen LogP contribution >= 0.6 is 23.2 Å². The number of benzene rings is 2. The Morgan fingerprint density at radius 1 is 1.22 bits per heavy atom. The van der Waals surface area contributed by atoms with Gasteiger partial charge in [0.25, 0.3) is 5.95 Å². The molecule has 168 valence electrons. The number of rotatable bonds is 7. The number of carbonyl (C=O) groups excluding carboxylic acids is 1. The third-order valence-electron chi connectivity index (χ3n) is 5.79. The van der Waals surface area contributed by atoms with Crippen LogP contribution in [0.5, 0.6) is 0 Å². The molecular weight excluding hydrogens is 451 g/mol. The normalized spacial score (nSPS) is 18.4. The Balaban J connectivity index is 1.72. The zero-order valence-electron chi connectivity index (χ0n) is 17.6. The third-order valence-corrected chi connectivity index (χ3v) is 6.53. The minimum atomic E-state index is -0.529. The van der Waals surface area contributed by atoms with Gasteiger partial charge in [-0.05, 0) is 41.8 Å². The van der Waals surface area contributed by atoms with Gasteiger partial charge >= 0.3 is 0 Å². The van der Waals surface area contributed by atoms with Crippen LogP contribution in [0.25, 0.3) is 0 Å². The molecule has 32 heavy (non-hydrogen) atoms. The first-order valence-corrected chi connectivity index (χ1v) is 11.2. The van der Waals surface area contributed by atoms with Crippen LogP contribution in [-0.4, -0.2) is 51.8 Å². The number of halogens is 2. The lowest BCUT2D eigenvalue weighted by atomic mass is 9.97. The Bertz CT molecular complexity index is 1050. The second-order valence-electron chi connectivity index (χ2n) is 7.96. The largest absolute Gasteiger partial charge is 0.392 e. The van der Waals surface area contributed by atoms with Crippen molar-refractivity contribution >= 4 is 35.1 Å². The van der Waals surface area contributed by atoms with Crippen LogP contribution in [0.4, 0.5) is 5.95 Å². The van der Waals surface area contributed by atoms with Gasteiger partial charge in [-0.25, -0.2) is 0 Å². The summed E-state index contributed by atoms with van der Waals surface area (Å²) in [6.07, 6.45) is 1.55. The van der Waals surface area contributed by atoms with Gasteiger partial charge in [-0.3, -0.25) is 14.6 Å². The topological polar surface area (TPSA) is 82.7 Å². The van der Waals surface area contributed by atoms with Crippen LogP contribution in [0.2, 0.25) is 10.0 Å². The first kappa shape index (κ1) is 22.7. The van der Waals surface area contributed by atoms with Gasteiger partial charge in [0.15, 0.2) is 0 Å². The molecule has 3 aromatic rings. The summed E-state index contributed by atoms with van der Waals surface area (Å²) in [4.78, 5) is 21.8. The molecule has 7 nitrogen and oxygen atoms in total. The van der Waals surface area contributed by atoms with Gasteiger partial charge in [0.1, 0.15) is 0 Å². The van der Waals surface area contributed by atoms with E-state index < -0.39 is 5.92 Å². The van der Waals surface area contributed by atoms with E-state index in [9.17, 15) is 9.90 Å². The fourth-order valence-corrected chi connectivity index (χ4v) is 4.34. The number of hydrogen-bond donors (Lipinski definition) is 1. The maximum Gasteiger partial charge on any atom is 0.273 e. The zero-order valence-corrected chi connectivity index (χ0v) is 19.1. The van der Waals surface area contributed by atoms with Crippen molar-refractivity contribution in [2.75, 3.05) is 24.5 Å². The standard InChI is InChI=1S/C23H24Cl2N4O3/c1-15(17-7-8-19(24)20(25)11-17)22(31)29(23-26-14-32-27-23)21(16-5-3-2-4-6-16)13-28-10-9-18(30)12-28/h2-8,11,14-15,18,21,30H,9-10,12-13H2,1H3/t15?,18-,21+/m0/s1. The SMILES string of the molecule is CC(C(=O)N(c1ncon1)[C@H](CN1CC[C@H](O)C1)c1ccccc1)c1ccc(Cl)c(Cl)c1. The van der Waals surface area contributed by atoms with E-state index >= 15 is 0 Å². The average molecular weight is 475 g/mol. The molecule has 2 heterocycles. The maximum absolute atomic E-state index is 13.9. The third kappa shape index (κ3) is 4.96. The Kier molecular flexibility index (Phi) is 7.10. The number of hydrogen-bond acceptors (Lipinski definition) is 6. The van der Waals surface area contributed by atoms with E-state index in [-0.39, 0.29) is 24.0 Å². The quantitative estimate of drug-likeness (QED) is 0.548. The minimum Gasteiger partial charge on any atom is -0.392 e. The zero-order chi connectivity index (χ0) is 22.7. The number of β-amino-alcohol motifs (C(OH)–C–C–N with tert-alkyl or cyclic N) is 1. The first-order valence-electron chi connectivity index (χ1n) is 10.4. The summed E-state index contributed by atoms with van der Waals surface area (Å²) >= 11 is 12.3. The van der Waals surface area contributed by atoms with Crippen molar-refractivity contribution in [1.29, 1.82) is 0 Å². The van der Waals surface area contributed by atoms with E-state index in [2.05, 4.69) is 15.0 Å². The van der Waals surface area contributed by atoms with Crippen LogP contribution in [-0.2, 0) is 4.79 Å². The molecule has 0 bridgehead atoms. The summed E-state index contributed by atoms with van der Waals surface area (Å²) in [5, 5.41) is 14.8. The second-order valence-corrected chi connectivity index (χ2v) is 8.78. The fourth-order valence-electron chi connectivity index (χ4n) is 4.03. The van der Waals surface area contributed by atoms with E-state index in [1.165, 1.54) is 6.39 Å². The van der Waals surface area contributed by atoms with Gasteiger partial charge in [0.05, 0.1) is 28.1 Å². The molecule has 9 heteroatoms. The second kappa shape index (κ2) is 10.0. The first-order chi connectivity index (χ1) is 15.4. The molecule has 0 aliphatic carbocycles. The van der Waals surface area contributed by atoms with Crippen molar-refractivity contribution < 1.29 is 14.4 Å². The summed E-state index contributed by atoms with van der Waals surface area (Å²) in [7, 11) is 0. The van der Waals surface area contributed by atoms with Gasteiger partial charge in [-0.2, -0.15) is 4.98 Å². The van der Waals surface area contributed by atoms with Gasteiger partial charge < -0.3 is 9.63 Å². The summed E-state index contributed by atoms with van der Waals surface area (Å²) in [6.45, 7) is 3.65. The minimum absolute atomic E-state index is 0.190. The number of aliphatic hydroxyl groups excluding tert-OH is 1. The van der Waals surface area contributed by atoms with Crippen LogP contribution < -0.4 is 4.90 Å². The number of nitrogens with zero attached hydrogens (tertiary/aromatic N) is 4. The summed E-state index contributed by atoms with van der Waals surface area (Å²) < 4.78 is 4.99. The van der Waals surface area contributed by atoms with Crippen LogP contribution in [0.3, 0.4) is 0 Å². The molecule has 0 saturated carbocycles. The fraction of sp³-hybridized carbons (Fsp3) is 0.348. The number of anilines is 1. The Morgan fingerprint density at radius 3 is 2.62 bits per heavy atom. The number of aliphatic hydroxyl groups is 1. The van der Waals surface area contributed by atoms with Crippen molar-refractivity contribution in [2.45, 2.75) is 31.4 Å². The highest BCUT2D eigenvalue weighted by Gasteiger charge is 2.35. The van der Waals surface area contributed by atoms with Crippen molar-refractivity contribution in [3.63, 3.8) is 0 Å². The van der Waals surface area contributed by atoms with Crippen molar-refractivity contribution in [3.05, 3.63) is 76.1 Å². The molecule has 1 N–H and O–H groups in total. The van der Waals surface area contributed by atoms with Gasteiger partial charge in [0, 0.05) is 19.6 Å². The lowest BCUT2D eigenvalue weighted by molar-refractivity contribution is -0.120. The number of amides is 1. The van der Waals surface area contributed by atoms with Gasteiger partial charge in [-0.15, -0.1) is 0 Å². The Labute approximate surface area is 196 Å². The van der Waals surface area contributed by atoms with E-state index in [4.69, 9.17) is 27.7 Å². The highest BCUT2D eigenvalue weighted by atomic mass is 35.5. The smallest absolute Gasteiger partial charge is 0.273 e. The van der Waals surface area contributed by atoms with E-state index in [1.807, 2.05) is 37.3 Å². The molecule has 1 aliphatic rings. The van der Waals surface area contributed by atoms with Crippen molar-refractivity contribution in [1.82, 2.24) is 15.0 Å². The van der Waals surface area contributed by atoms with E-state index in [1.54, 1.807) is 23.1 Å².